The Hall–Kier alpha value is -3.33. The normalized spacial score (nSPS) is 15.9. The fraction of sp³-hybridized carbons (Fsp3) is 0.375. The highest BCUT2D eigenvalue weighted by Gasteiger charge is 2.31. The predicted molar refractivity (Wildman–Crippen MR) is 163 cm³/mol. The zero-order valence-corrected chi connectivity index (χ0v) is 24.7. The Balaban J connectivity index is 1.32. The zero-order valence-electron chi connectivity index (χ0n) is 23.8. The third kappa shape index (κ3) is 6.04. The fourth-order valence-corrected chi connectivity index (χ4v) is 6.65. The lowest BCUT2D eigenvalue weighted by atomic mass is 10.0. The number of nitrogens with zero attached hydrogens (tertiary/aromatic N) is 4. The van der Waals surface area contributed by atoms with Crippen LogP contribution in [0, 0.1) is 0 Å². The maximum Gasteiger partial charge on any atom is 0.243 e. The van der Waals surface area contributed by atoms with Gasteiger partial charge in [0.15, 0.2) is 0 Å². The number of sulfonamides is 1. The lowest BCUT2D eigenvalue weighted by molar-refractivity contribution is 0.141. The number of hydrogen-bond donors (Lipinski definition) is 1. The van der Waals surface area contributed by atoms with Crippen molar-refractivity contribution in [3.05, 3.63) is 89.7 Å². The van der Waals surface area contributed by atoms with Crippen LogP contribution in [0.1, 0.15) is 63.0 Å². The molecule has 5 rings (SSSR count). The lowest BCUT2D eigenvalue weighted by Gasteiger charge is -2.37. The number of piperazine rings is 1. The Morgan fingerprint density at radius 1 is 0.850 bits per heavy atom. The van der Waals surface area contributed by atoms with Crippen molar-refractivity contribution in [1.82, 2.24) is 19.2 Å². The molecule has 0 unspecified atom stereocenters. The molecule has 0 radical (unpaired) electrons. The lowest BCUT2D eigenvalue weighted by Crippen LogP contribution is -2.49. The van der Waals surface area contributed by atoms with Crippen LogP contribution >= 0.6 is 0 Å². The molecule has 1 aromatic heterocycles. The van der Waals surface area contributed by atoms with Crippen molar-refractivity contribution in [3.8, 4) is 0 Å². The molecule has 1 fully saturated rings. The molecule has 3 aromatic carbocycles. The highest BCUT2D eigenvalue weighted by atomic mass is 32.2. The Morgan fingerprint density at radius 2 is 1.52 bits per heavy atom. The number of benzene rings is 3. The SMILES string of the molecule is CCCc1ccc(S(=O)(=O)N2CCN([C@@H](C)c3nc(Nc4ccc(C(C)C)cc4)c4ccccc4n3)CC2)cc1. The van der Waals surface area contributed by atoms with Gasteiger partial charge in [0.1, 0.15) is 11.6 Å². The monoisotopic (exact) mass is 557 g/mol. The number of anilines is 2. The van der Waals surface area contributed by atoms with Crippen LogP contribution < -0.4 is 5.32 Å². The van der Waals surface area contributed by atoms with Crippen LogP contribution in [-0.2, 0) is 16.4 Å². The summed E-state index contributed by atoms with van der Waals surface area (Å²) < 4.78 is 28.2. The Morgan fingerprint density at radius 3 is 2.17 bits per heavy atom. The smallest absolute Gasteiger partial charge is 0.243 e. The highest BCUT2D eigenvalue weighted by molar-refractivity contribution is 7.89. The molecule has 1 atom stereocenters. The number of aryl methyl sites for hydroxylation is 1. The first kappa shape index (κ1) is 28.2. The van der Waals surface area contributed by atoms with E-state index in [1.165, 1.54) is 5.56 Å². The summed E-state index contributed by atoms with van der Waals surface area (Å²) in [5.74, 6) is 1.98. The average Bonchev–Trinajstić information content (AvgIpc) is 2.97. The second kappa shape index (κ2) is 12.0. The molecule has 210 valence electrons. The van der Waals surface area contributed by atoms with Crippen LogP contribution in [0.15, 0.2) is 77.7 Å². The molecule has 1 saturated heterocycles. The molecule has 0 spiro atoms. The molecule has 0 aliphatic carbocycles. The van der Waals surface area contributed by atoms with Gasteiger partial charge in [-0.2, -0.15) is 4.31 Å². The summed E-state index contributed by atoms with van der Waals surface area (Å²) in [6, 6.07) is 23.8. The molecule has 0 saturated carbocycles. The number of hydrogen-bond acceptors (Lipinski definition) is 6. The van der Waals surface area contributed by atoms with Crippen LogP contribution in [-0.4, -0.2) is 53.8 Å². The van der Waals surface area contributed by atoms with Crippen molar-refractivity contribution < 1.29 is 8.42 Å². The Labute approximate surface area is 238 Å². The van der Waals surface area contributed by atoms with Gasteiger partial charge in [-0.1, -0.05) is 63.6 Å². The number of fused-ring (bicyclic) bond motifs is 1. The summed E-state index contributed by atoms with van der Waals surface area (Å²) in [6.07, 6.45) is 1.99. The summed E-state index contributed by atoms with van der Waals surface area (Å²) in [6.45, 7) is 10.7. The summed E-state index contributed by atoms with van der Waals surface area (Å²) in [4.78, 5) is 12.5. The van der Waals surface area contributed by atoms with Crippen molar-refractivity contribution in [1.29, 1.82) is 0 Å². The van der Waals surface area contributed by atoms with Crippen LogP contribution in [0.4, 0.5) is 11.5 Å². The molecule has 1 aliphatic rings. The average molecular weight is 558 g/mol. The molecule has 0 amide bonds. The van der Waals surface area contributed by atoms with Gasteiger partial charge >= 0.3 is 0 Å². The number of aromatic nitrogens is 2. The minimum atomic E-state index is -3.52. The van der Waals surface area contributed by atoms with Gasteiger partial charge in [-0.3, -0.25) is 4.90 Å². The summed E-state index contributed by atoms with van der Waals surface area (Å²) in [5, 5.41) is 4.48. The van der Waals surface area contributed by atoms with Crippen LogP contribution in [0.25, 0.3) is 10.9 Å². The van der Waals surface area contributed by atoms with Crippen molar-refractivity contribution in [2.75, 3.05) is 31.5 Å². The van der Waals surface area contributed by atoms with Gasteiger partial charge in [0, 0.05) is 37.3 Å². The van der Waals surface area contributed by atoms with Gasteiger partial charge in [0.2, 0.25) is 10.0 Å². The van der Waals surface area contributed by atoms with Crippen LogP contribution in [0.5, 0.6) is 0 Å². The van der Waals surface area contributed by atoms with Crippen molar-refractivity contribution in [3.63, 3.8) is 0 Å². The molecule has 0 bridgehead atoms. The first-order valence-electron chi connectivity index (χ1n) is 14.2. The number of nitrogens with one attached hydrogen (secondary N) is 1. The van der Waals surface area contributed by atoms with Gasteiger partial charge < -0.3 is 5.32 Å². The van der Waals surface area contributed by atoms with Gasteiger partial charge in [-0.05, 0) is 66.8 Å². The van der Waals surface area contributed by atoms with Crippen molar-refractivity contribution in [2.24, 2.45) is 0 Å². The molecule has 2 heterocycles. The topological polar surface area (TPSA) is 78.4 Å². The van der Waals surface area contributed by atoms with E-state index < -0.39 is 10.0 Å². The fourth-order valence-electron chi connectivity index (χ4n) is 5.23. The second-order valence-electron chi connectivity index (χ2n) is 10.9. The quantitative estimate of drug-likeness (QED) is 0.253. The van der Waals surface area contributed by atoms with Gasteiger partial charge in [0.25, 0.3) is 0 Å². The standard InChI is InChI=1S/C32H39N5O2S/c1-5-8-25-11-17-28(18-12-25)40(38,39)37-21-19-36(20-22-37)24(4)31-34-30-10-7-6-9-29(30)32(35-31)33-27-15-13-26(14-16-27)23(2)3/h6-7,9-18,23-24H,5,8,19-22H2,1-4H3,(H,33,34,35)/t24-/m0/s1. The minimum absolute atomic E-state index is 0.0633. The van der Waals surface area contributed by atoms with E-state index in [0.717, 1.165) is 46.6 Å². The number of para-hydroxylation sites is 1. The van der Waals surface area contributed by atoms with Crippen molar-refractivity contribution >= 4 is 32.4 Å². The van der Waals surface area contributed by atoms with Gasteiger partial charge in [-0.25, -0.2) is 18.4 Å². The molecule has 7 nitrogen and oxygen atoms in total. The van der Waals surface area contributed by atoms with E-state index in [-0.39, 0.29) is 6.04 Å². The third-order valence-corrected chi connectivity index (χ3v) is 9.67. The largest absolute Gasteiger partial charge is 0.340 e. The van der Waals surface area contributed by atoms with E-state index in [2.05, 4.69) is 62.2 Å². The van der Waals surface area contributed by atoms with E-state index in [1.807, 2.05) is 36.4 Å². The molecule has 4 aromatic rings. The van der Waals surface area contributed by atoms with Crippen LogP contribution in [0.2, 0.25) is 0 Å². The Bertz CT molecular complexity index is 1550. The van der Waals surface area contributed by atoms with E-state index in [9.17, 15) is 8.42 Å². The van der Waals surface area contributed by atoms with E-state index in [1.54, 1.807) is 16.4 Å². The maximum absolute atomic E-state index is 13.3. The van der Waals surface area contributed by atoms with E-state index in [4.69, 9.17) is 9.97 Å². The van der Waals surface area contributed by atoms with Crippen LogP contribution in [0.3, 0.4) is 0 Å². The second-order valence-corrected chi connectivity index (χ2v) is 12.8. The third-order valence-electron chi connectivity index (χ3n) is 7.76. The van der Waals surface area contributed by atoms with E-state index >= 15 is 0 Å². The maximum atomic E-state index is 13.3. The first-order chi connectivity index (χ1) is 19.3. The molecule has 1 aliphatic heterocycles. The summed E-state index contributed by atoms with van der Waals surface area (Å²) in [5.41, 5.74) is 4.32. The van der Waals surface area contributed by atoms with E-state index in [0.29, 0.717) is 37.0 Å². The molecule has 40 heavy (non-hydrogen) atoms. The summed E-state index contributed by atoms with van der Waals surface area (Å²) >= 11 is 0. The molecular weight excluding hydrogens is 518 g/mol. The first-order valence-corrected chi connectivity index (χ1v) is 15.7. The molecule has 8 heteroatoms. The van der Waals surface area contributed by atoms with Gasteiger partial charge in [-0.15, -0.1) is 0 Å². The van der Waals surface area contributed by atoms with Gasteiger partial charge in [0.05, 0.1) is 16.5 Å². The number of rotatable bonds is 9. The zero-order chi connectivity index (χ0) is 28.3. The van der Waals surface area contributed by atoms with Crippen molar-refractivity contribution in [2.45, 2.75) is 57.4 Å². The predicted octanol–water partition coefficient (Wildman–Crippen LogP) is 6.52. The molecule has 1 N–H and O–H groups in total. The minimum Gasteiger partial charge on any atom is -0.340 e. The highest BCUT2D eigenvalue weighted by Crippen LogP contribution is 2.29. The summed E-state index contributed by atoms with van der Waals surface area (Å²) in [7, 11) is -3.52. The Kier molecular flexibility index (Phi) is 8.49. The molecular formula is C32H39N5O2S.